The van der Waals surface area contributed by atoms with Gasteiger partial charge in [-0.2, -0.15) is 0 Å². The summed E-state index contributed by atoms with van der Waals surface area (Å²) in [6.07, 6.45) is 2.41. The van der Waals surface area contributed by atoms with Crippen LogP contribution < -0.4 is 5.73 Å². The van der Waals surface area contributed by atoms with E-state index in [0.717, 1.165) is 18.9 Å². The fraction of sp³-hybridized carbons (Fsp3) is 0.500. The van der Waals surface area contributed by atoms with Gasteiger partial charge in [0.2, 0.25) is 0 Å². The van der Waals surface area contributed by atoms with E-state index >= 15 is 0 Å². The lowest BCUT2D eigenvalue weighted by Crippen LogP contribution is -2.20. The summed E-state index contributed by atoms with van der Waals surface area (Å²) < 4.78 is 18.4. The zero-order valence-corrected chi connectivity index (χ0v) is 13.2. The summed E-state index contributed by atoms with van der Waals surface area (Å²) >= 11 is 7.22. The standard InChI is InChI=1S/C14H19ClFNO2S/c1-3-5-6-19-14(18)12(4-2)20-13-8-11(17)10(16)7-9(13)15/h7-8,12H,3-6,17H2,1-2H3. The number of ether oxygens (including phenoxy) is 1. The van der Waals surface area contributed by atoms with E-state index in [9.17, 15) is 9.18 Å². The van der Waals surface area contributed by atoms with Gasteiger partial charge in [-0.1, -0.05) is 31.9 Å². The van der Waals surface area contributed by atoms with Gasteiger partial charge in [0.15, 0.2) is 0 Å². The fourth-order valence-electron chi connectivity index (χ4n) is 1.50. The molecule has 0 aliphatic rings. The van der Waals surface area contributed by atoms with Crippen molar-refractivity contribution < 1.29 is 13.9 Å². The van der Waals surface area contributed by atoms with Crippen LogP contribution in [0.25, 0.3) is 0 Å². The molecule has 0 radical (unpaired) electrons. The summed E-state index contributed by atoms with van der Waals surface area (Å²) in [6, 6.07) is 2.61. The Morgan fingerprint density at radius 3 is 2.80 bits per heavy atom. The molecule has 0 aliphatic carbocycles. The number of thioether (sulfide) groups is 1. The third-order valence-corrected chi connectivity index (χ3v) is 4.52. The van der Waals surface area contributed by atoms with E-state index in [1.54, 1.807) is 0 Å². The predicted molar refractivity (Wildman–Crippen MR) is 81.6 cm³/mol. The van der Waals surface area contributed by atoms with Crippen molar-refractivity contribution in [2.24, 2.45) is 0 Å². The van der Waals surface area contributed by atoms with E-state index in [1.165, 1.54) is 17.8 Å². The Morgan fingerprint density at radius 2 is 2.20 bits per heavy atom. The minimum Gasteiger partial charge on any atom is -0.465 e. The van der Waals surface area contributed by atoms with Gasteiger partial charge in [-0.15, -0.1) is 11.8 Å². The zero-order valence-electron chi connectivity index (χ0n) is 11.6. The number of nitrogen functional groups attached to an aromatic ring is 1. The highest BCUT2D eigenvalue weighted by molar-refractivity contribution is 8.00. The molecule has 0 bridgehead atoms. The largest absolute Gasteiger partial charge is 0.465 e. The Balaban J connectivity index is 2.73. The first-order chi connectivity index (χ1) is 9.49. The maximum atomic E-state index is 13.2. The maximum absolute atomic E-state index is 13.2. The van der Waals surface area contributed by atoms with Gasteiger partial charge in [0, 0.05) is 4.90 Å². The number of rotatable bonds is 7. The molecule has 6 heteroatoms. The minimum absolute atomic E-state index is 0.0195. The Kier molecular flexibility index (Phi) is 7.16. The van der Waals surface area contributed by atoms with Crippen LogP contribution in [0.15, 0.2) is 17.0 Å². The van der Waals surface area contributed by atoms with Gasteiger partial charge in [0.1, 0.15) is 11.1 Å². The average Bonchev–Trinajstić information content (AvgIpc) is 2.41. The molecule has 0 amide bonds. The highest BCUT2D eigenvalue weighted by Gasteiger charge is 2.21. The van der Waals surface area contributed by atoms with Crippen molar-refractivity contribution in [3.63, 3.8) is 0 Å². The van der Waals surface area contributed by atoms with E-state index in [-0.39, 0.29) is 21.9 Å². The van der Waals surface area contributed by atoms with Crippen molar-refractivity contribution >= 4 is 35.0 Å². The Hall–Kier alpha value is -0.940. The molecule has 0 spiro atoms. The van der Waals surface area contributed by atoms with Crippen molar-refractivity contribution in [2.45, 2.75) is 43.3 Å². The van der Waals surface area contributed by atoms with Crippen molar-refractivity contribution in [3.8, 4) is 0 Å². The van der Waals surface area contributed by atoms with Crippen LogP contribution in [-0.4, -0.2) is 17.8 Å². The molecule has 1 atom stereocenters. The SMILES string of the molecule is CCCCOC(=O)C(CC)Sc1cc(N)c(F)cc1Cl. The first-order valence-electron chi connectivity index (χ1n) is 6.57. The second-order valence-corrected chi connectivity index (χ2v) is 5.99. The first-order valence-corrected chi connectivity index (χ1v) is 7.83. The van der Waals surface area contributed by atoms with Gasteiger partial charge in [-0.3, -0.25) is 4.79 Å². The molecule has 0 heterocycles. The lowest BCUT2D eigenvalue weighted by atomic mass is 10.3. The number of benzene rings is 1. The summed E-state index contributed by atoms with van der Waals surface area (Å²) in [5.41, 5.74) is 5.54. The van der Waals surface area contributed by atoms with Crippen LogP contribution in [0.4, 0.5) is 10.1 Å². The highest BCUT2D eigenvalue weighted by atomic mass is 35.5. The molecule has 0 saturated heterocycles. The van der Waals surface area contributed by atoms with Crippen LogP contribution >= 0.6 is 23.4 Å². The van der Waals surface area contributed by atoms with Crippen LogP contribution in [0.3, 0.4) is 0 Å². The molecule has 1 aromatic carbocycles. The number of carbonyl (C=O) groups is 1. The Morgan fingerprint density at radius 1 is 1.50 bits per heavy atom. The van der Waals surface area contributed by atoms with Gasteiger partial charge in [-0.05, 0) is 25.0 Å². The Bertz CT molecular complexity index is 471. The predicted octanol–water partition coefficient (Wildman–Crippen LogP) is 4.28. The van der Waals surface area contributed by atoms with Gasteiger partial charge in [-0.25, -0.2) is 4.39 Å². The number of hydrogen-bond donors (Lipinski definition) is 1. The van der Waals surface area contributed by atoms with Crippen LogP contribution in [0.1, 0.15) is 33.1 Å². The number of anilines is 1. The van der Waals surface area contributed by atoms with Crippen LogP contribution in [0, 0.1) is 5.82 Å². The summed E-state index contributed by atoms with van der Waals surface area (Å²) in [5.74, 6) is -0.831. The molecule has 0 aromatic heterocycles. The van der Waals surface area contributed by atoms with Gasteiger partial charge in [0.25, 0.3) is 0 Å². The Labute approximate surface area is 128 Å². The molecule has 1 aromatic rings. The number of nitrogens with two attached hydrogens (primary N) is 1. The third-order valence-electron chi connectivity index (χ3n) is 2.70. The average molecular weight is 320 g/mol. The smallest absolute Gasteiger partial charge is 0.319 e. The topological polar surface area (TPSA) is 52.3 Å². The van der Waals surface area contributed by atoms with E-state index in [2.05, 4.69) is 0 Å². The van der Waals surface area contributed by atoms with Crippen LogP contribution in [0.2, 0.25) is 5.02 Å². The summed E-state index contributed by atoms with van der Waals surface area (Å²) in [6.45, 7) is 4.34. The van der Waals surface area contributed by atoms with Crippen LogP contribution in [-0.2, 0) is 9.53 Å². The quantitative estimate of drug-likeness (QED) is 0.353. The van der Waals surface area contributed by atoms with Gasteiger partial charge < -0.3 is 10.5 Å². The molecular weight excluding hydrogens is 301 g/mol. The monoisotopic (exact) mass is 319 g/mol. The van der Waals surface area contributed by atoms with Crippen molar-refractivity contribution in [2.75, 3.05) is 12.3 Å². The number of carbonyl (C=O) groups excluding carboxylic acids is 1. The molecule has 0 fully saturated rings. The fourth-order valence-corrected chi connectivity index (χ4v) is 2.78. The van der Waals surface area contributed by atoms with E-state index in [4.69, 9.17) is 22.1 Å². The second-order valence-electron chi connectivity index (χ2n) is 4.34. The van der Waals surface area contributed by atoms with Gasteiger partial charge >= 0.3 is 5.97 Å². The maximum Gasteiger partial charge on any atom is 0.319 e. The molecule has 2 N–H and O–H groups in total. The number of esters is 1. The molecular formula is C14H19ClFNO2S. The van der Waals surface area contributed by atoms with Crippen molar-refractivity contribution in [1.29, 1.82) is 0 Å². The van der Waals surface area contributed by atoms with E-state index in [0.29, 0.717) is 17.9 Å². The normalized spacial score (nSPS) is 12.2. The lowest BCUT2D eigenvalue weighted by Gasteiger charge is -2.15. The molecule has 1 unspecified atom stereocenters. The van der Waals surface area contributed by atoms with Crippen molar-refractivity contribution in [3.05, 3.63) is 23.0 Å². The molecule has 1 rings (SSSR count). The first kappa shape index (κ1) is 17.1. The summed E-state index contributed by atoms with van der Waals surface area (Å²) in [7, 11) is 0. The molecule has 0 saturated carbocycles. The molecule has 112 valence electrons. The van der Waals surface area contributed by atoms with E-state index < -0.39 is 5.82 Å². The number of unbranched alkanes of at least 4 members (excludes halogenated alkanes) is 1. The zero-order chi connectivity index (χ0) is 15.1. The molecule has 3 nitrogen and oxygen atoms in total. The second kappa shape index (κ2) is 8.37. The van der Waals surface area contributed by atoms with E-state index in [1.807, 2.05) is 13.8 Å². The van der Waals surface area contributed by atoms with Crippen molar-refractivity contribution in [1.82, 2.24) is 0 Å². The minimum atomic E-state index is -0.557. The van der Waals surface area contributed by atoms with Gasteiger partial charge in [0.05, 0.1) is 17.3 Å². The summed E-state index contributed by atoms with van der Waals surface area (Å²) in [4.78, 5) is 12.5. The molecule has 20 heavy (non-hydrogen) atoms. The number of hydrogen-bond acceptors (Lipinski definition) is 4. The highest BCUT2D eigenvalue weighted by Crippen LogP contribution is 2.34. The summed E-state index contributed by atoms with van der Waals surface area (Å²) in [5, 5.41) is -0.115. The molecule has 0 aliphatic heterocycles. The lowest BCUT2D eigenvalue weighted by molar-refractivity contribution is -0.143. The number of halogens is 2. The van der Waals surface area contributed by atoms with Crippen LogP contribution in [0.5, 0.6) is 0 Å². The third kappa shape index (κ3) is 4.87.